The third kappa shape index (κ3) is 6.93. The predicted octanol–water partition coefficient (Wildman–Crippen LogP) is 4.86. The van der Waals surface area contributed by atoms with Gasteiger partial charge in [-0.2, -0.15) is 0 Å². The maximum atomic E-state index is 12.3. The van der Waals surface area contributed by atoms with Crippen LogP contribution in [0.2, 0.25) is 0 Å². The average molecular weight is 322 g/mol. The maximum absolute atomic E-state index is 12.3. The number of ether oxygens (including phenoxy) is 3. The topological polar surface area (TPSA) is 44.8 Å². The lowest BCUT2D eigenvalue weighted by atomic mass is 10.0. The van der Waals surface area contributed by atoms with Crippen molar-refractivity contribution in [3.05, 3.63) is 23.8 Å². The highest BCUT2D eigenvalue weighted by Gasteiger charge is 2.19. The second-order valence-electron chi connectivity index (χ2n) is 6.00. The van der Waals surface area contributed by atoms with Gasteiger partial charge in [-0.05, 0) is 31.4 Å². The van der Waals surface area contributed by atoms with Gasteiger partial charge in [0.25, 0.3) is 0 Å². The first-order chi connectivity index (χ1) is 11.1. The molecule has 23 heavy (non-hydrogen) atoms. The Kier molecular flexibility index (Phi) is 9.18. The van der Waals surface area contributed by atoms with Crippen molar-refractivity contribution in [3.63, 3.8) is 0 Å². The van der Waals surface area contributed by atoms with Gasteiger partial charge in [0, 0.05) is 0 Å². The lowest BCUT2D eigenvalue weighted by Crippen LogP contribution is -2.11. The monoisotopic (exact) mass is 322 g/mol. The van der Waals surface area contributed by atoms with E-state index >= 15 is 0 Å². The molecule has 0 aliphatic rings. The van der Waals surface area contributed by atoms with Gasteiger partial charge in [-0.3, -0.25) is 0 Å². The molecule has 0 aliphatic carbocycles. The van der Waals surface area contributed by atoms with Gasteiger partial charge in [-0.15, -0.1) is 0 Å². The molecular formula is C19H30O4. The van der Waals surface area contributed by atoms with Gasteiger partial charge in [0.15, 0.2) is 0 Å². The molecule has 0 aliphatic heterocycles. The third-order valence-corrected chi connectivity index (χ3v) is 3.62. The van der Waals surface area contributed by atoms with Crippen LogP contribution in [0.25, 0.3) is 0 Å². The number of esters is 1. The molecule has 0 amide bonds. The molecule has 130 valence electrons. The van der Waals surface area contributed by atoms with Crippen LogP contribution in [0.1, 0.15) is 63.2 Å². The van der Waals surface area contributed by atoms with Gasteiger partial charge >= 0.3 is 5.97 Å². The largest absolute Gasteiger partial charge is 0.496 e. The zero-order chi connectivity index (χ0) is 17.1. The summed E-state index contributed by atoms with van der Waals surface area (Å²) in [5, 5.41) is 0. The Morgan fingerprint density at radius 2 is 1.78 bits per heavy atom. The van der Waals surface area contributed by atoms with E-state index in [2.05, 4.69) is 13.8 Å². The van der Waals surface area contributed by atoms with Crippen molar-refractivity contribution in [2.75, 3.05) is 20.3 Å². The summed E-state index contributed by atoms with van der Waals surface area (Å²) in [6, 6.07) is 5.30. The quantitative estimate of drug-likeness (QED) is 0.431. The number of rotatable bonds is 11. The fraction of sp³-hybridized carbons (Fsp3) is 0.632. The summed E-state index contributed by atoms with van der Waals surface area (Å²) in [5.41, 5.74) is 0.372. The van der Waals surface area contributed by atoms with Crippen LogP contribution in [-0.4, -0.2) is 26.3 Å². The Labute approximate surface area is 140 Å². The van der Waals surface area contributed by atoms with E-state index in [0.717, 1.165) is 18.8 Å². The molecule has 0 N–H and O–H groups in total. The lowest BCUT2D eigenvalue weighted by molar-refractivity contribution is 0.0489. The molecule has 0 atom stereocenters. The van der Waals surface area contributed by atoms with E-state index in [1.54, 1.807) is 18.2 Å². The van der Waals surface area contributed by atoms with Crippen molar-refractivity contribution in [1.82, 2.24) is 0 Å². The van der Waals surface area contributed by atoms with Crippen LogP contribution < -0.4 is 9.47 Å². The predicted molar refractivity (Wildman–Crippen MR) is 92.4 cm³/mol. The standard InChI is InChI=1S/C19H30O4/c1-5-22-17-13-10-12-16(21-4)18(17)19(20)23-14-9-7-6-8-11-15(2)3/h10,12-13,15H,5-9,11,14H2,1-4H3. The van der Waals surface area contributed by atoms with Crippen molar-refractivity contribution in [1.29, 1.82) is 0 Å². The first kappa shape index (κ1) is 19.3. The molecule has 1 aromatic carbocycles. The van der Waals surface area contributed by atoms with E-state index in [0.29, 0.717) is 30.3 Å². The summed E-state index contributed by atoms with van der Waals surface area (Å²) in [4.78, 5) is 12.3. The van der Waals surface area contributed by atoms with E-state index in [-0.39, 0.29) is 5.97 Å². The van der Waals surface area contributed by atoms with Crippen LogP contribution in [0.4, 0.5) is 0 Å². The highest BCUT2D eigenvalue weighted by Crippen LogP contribution is 2.29. The molecule has 1 aromatic rings. The van der Waals surface area contributed by atoms with E-state index in [1.807, 2.05) is 6.92 Å². The molecule has 0 saturated heterocycles. The molecular weight excluding hydrogens is 292 g/mol. The second-order valence-corrected chi connectivity index (χ2v) is 6.00. The normalized spacial score (nSPS) is 10.7. The zero-order valence-electron chi connectivity index (χ0n) is 14.9. The number of methoxy groups -OCH3 is 1. The fourth-order valence-electron chi connectivity index (χ4n) is 2.40. The van der Waals surface area contributed by atoms with Crippen molar-refractivity contribution in [3.8, 4) is 11.5 Å². The number of unbranched alkanes of at least 4 members (excludes halogenated alkanes) is 3. The Balaban J connectivity index is 2.45. The molecule has 0 unspecified atom stereocenters. The molecule has 4 heteroatoms. The van der Waals surface area contributed by atoms with Crippen LogP contribution >= 0.6 is 0 Å². The van der Waals surface area contributed by atoms with E-state index in [9.17, 15) is 4.79 Å². The number of carbonyl (C=O) groups is 1. The third-order valence-electron chi connectivity index (χ3n) is 3.62. The molecule has 0 bridgehead atoms. The average Bonchev–Trinajstić information content (AvgIpc) is 2.53. The van der Waals surface area contributed by atoms with Gasteiger partial charge < -0.3 is 14.2 Å². The van der Waals surface area contributed by atoms with Crippen LogP contribution in [0.5, 0.6) is 11.5 Å². The Bertz CT molecular complexity index is 468. The summed E-state index contributed by atoms with van der Waals surface area (Å²) in [5.74, 6) is 1.37. The van der Waals surface area contributed by atoms with Crippen molar-refractivity contribution in [2.24, 2.45) is 5.92 Å². The first-order valence-corrected chi connectivity index (χ1v) is 8.57. The number of carbonyl (C=O) groups excluding carboxylic acids is 1. The molecule has 4 nitrogen and oxygen atoms in total. The number of hydrogen-bond acceptors (Lipinski definition) is 4. The SMILES string of the molecule is CCOc1cccc(OC)c1C(=O)OCCCCCCC(C)C. The van der Waals surface area contributed by atoms with Crippen LogP contribution in [0, 0.1) is 5.92 Å². The van der Waals surface area contributed by atoms with Gasteiger partial charge in [-0.1, -0.05) is 45.6 Å². The van der Waals surface area contributed by atoms with Crippen LogP contribution in [-0.2, 0) is 4.74 Å². The zero-order valence-corrected chi connectivity index (χ0v) is 14.9. The second kappa shape index (κ2) is 10.9. The molecule has 0 fully saturated rings. The molecule has 0 radical (unpaired) electrons. The van der Waals surface area contributed by atoms with E-state index in [4.69, 9.17) is 14.2 Å². The first-order valence-electron chi connectivity index (χ1n) is 8.57. The minimum Gasteiger partial charge on any atom is -0.496 e. The van der Waals surface area contributed by atoms with E-state index in [1.165, 1.54) is 26.4 Å². The number of benzene rings is 1. The van der Waals surface area contributed by atoms with E-state index < -0.39 is 0 Å². The Morgan fingerprint density at radius 1 is 1.09 bits per heavy atom. The van der Waals surface area contributed by atoms with Crippen molar-refractivity contribution >= 4 is 5.97 Å². The van der Waals surface area contributed by atoms with Crippen molar-refractivity contribution in [2.45, 2.75) is 52.9 Å². The fourth-order valence-corrected chi connectivity index (χ4v) is 2.40. The van der Waals surface area contributed by atoms with Gasteiger partial charge in [0.1, 0.15) is 17.1 Å². The molecule has 0 heterocycles. The Morgan fingerprint density at radius 3 is 2.43 bits per heavy atom. The smallest absolute Gasteiger partial charge is 0.345 e. The molecule has 1 rings (SSSR count). The molecule has 0 aromatic heterocycles. The number of hydrogen-bond donors (Lipinski definition) is 0. The summed E-state index contributed by atoms with van der Waals surface area (Å²) in [6.07, 6.45) is 5.67. The van der Waals surface area contributed by atoms with Gasteiger partial charge in [0.2, 0.25) is 0 Å². The summed E-state index contributed by atoms with van der Waals surface area (Å²) >= 11 is 0. The molecule has 0 spiro atoms. The van der Waals surface area contributed by atoms with Crippen molar-refractivity contribution < 1.29 is 19.0 Å². The van der Waals surface area contributed by atoms with Gasteiger partial charge in [0.05, 0.1) is 20.3 Å². The minimum absolute atomic E-state index is 0.372. The lowest BCUT2D eigenvalue weighted by Gasteiger charge is -2.13. The summed E-state index contributed by atoms with van der Waals surface area (Å²) in [6.45, 7) is 7.29. The maximum Gasteiger partial charge on any atom is 0.345 e. The van der Waals surface area contributed by atoms with Crippen LogP contribution in [0.3, 0.4) is 0 Å². The summed E-state index contributed by atoms with van der Waals surface area (Å²) < 4.78 is 16.1. The summed E-state index contributed by atoms with van der Waals surface area (Å²) in [7, 11) is 1.54. The Hall–Kier alpha value is -1.71. The molecule has 0 saturated carbocycles. The van der Waals surface area contributed by atoms with Gasteiger partial charge in [-0.25, -0.2) is 4.79 Å². The highest BCUT2D eigenvalue weighted by molar-refractivity contribution is 5.95. The van der Waals surface area contributed by atoms with Crippen LogP contribution in [0.15, 0.2) is 18.2 Å². The minimum atomic E-state index is -0.381. The highest BCUT2D eigenvalue weighted by atomic mass is 16.5.